The summed E-state index contributed by atoms with van der Waals surface area (Å²) in [4.78, 5) is 11.5. The second-order valence-electron chi connectivity index (χ2n) is 5.54. The van der Waals surface area contributed by atoms with E-state index >= 15 is 0 Å². The lowest BCUT2D eigenvalue weighted by Gasteiger charge is -2.33. The zero-order valence-electron chi connectivity index (χ0n) is 11.5. The Bertz CT molecular complexity index is 406. The van der Waals surface area contributed by atoms with Crippen LogP contribution in [0, 0.1) is 5.92 Å². The summed E-state index contributed by atoms with van der Waals surface area (Å²) < 4.78 is 0. The summed E-state index contributed by atoms with van der Waals surface area (Å²) in [7, 11) is 0. The maximum Gasteiger partial charge on any atom is 0.131 e. The van der Waals surface area contributed by atoms with Gasteiger partial charge in [-0.2, -0.15) is 0 Å². The average molecular weight is 268 g/mol. The van der Waals surface area contributed by atoms with Gasteiger partial charge in [0.1, 0.15) is 5.82 Å². The quantitative estimate of drug-likeness (QED) is 0.784. The van der Waals surface area contributed by atoms with Gasteiger partial charge in [0.25, 0.3) is 0 Å². The predicted molar refractivity (Wildman–Crippen MR) is 76.3 cm³/mol. The van der Waals surface area contributed by atoms with Gasteiger partial charge in [-0.25, -0.2) is 9.97 Å². The zero-order valence-corrected chi connectivity index (χ0v) is 12.2. The van der Waals surface area contributed by atoms with Crippen molar-refractivity contribution in [3.05, 3.63) is 17.7 Å². The van der Waals surface area contributed by atoms with Crippen LogP contribution in [0.25, 0.3) is 0 Å². The van der Waals surface area contributed by atoms with Gasteiger partial charge in [0.05, 0.1) is 23.5 Å². The van der Waals surface area contributed by atoms with E-state index in [0.29, 0.717) is 11.8 Å². The second-order valence-corrected chi connectivity index (χ2v) is 5.81. The summed E-state index contributed by atoms with van der Waals surface area (Å²) in [5.74, 6) is 2.44. The fourth-order valence-corrected chi connectivity index (χ4v) is 2.67. The van der Waals surface area contributed by atoms with E-state index in [1.807, 2.05) is 6.20 Å². The monoisotopic (exact) mass is 267 g/mol. The third kappa shape index (κ3) is 2.94. The standard InChI is InChI=1S/C14H22ClN3/c1-10(2)14-16-8-13(12(7-15)17-14)18-6-4-5-11(3)9-18/h8,10-11H,4-7,9H2,1-3H3. The van der Waals surface area contributed by atoms with E-state index in [-0.39, 0.29) is 0 Å². The van der Waals surface area contributed by atoms with E-state index in [0.717, 1.165) is 36.2 Å². The summed E-state index contributed by atoms with van der Waals surface area (Å²) in [6.07, 6.45) is 4.52. The van der Waals surface area contributed by atoms with Crippen molar-refractivity contribution in [2.75, 3.05) is 18.0 Å². The predicted octanol–water partition coefficient (Wildman–Crippen LogP) is 3.58. The SMILES string of the molecule is CC1CCCN(c2cnc(C(C)C)nc2CCl)C1. The van der Waals surface area contributed by atoms with Crippen LogP contribution >= 0.6 is 11.6 Å². The molecule has 18 heavy (non-hydrogen) atoms. The lowest BCUT2D eigenvalue weighted by atomic mass is 10.00. The third-order valence-electron chi connectivity index (χ3n) is 3.50. The highest BCUT2D eigenvalue weighted by molar-refractivity contribution is 6.17. The van der Waals surface area contributed by atoms with Gasteiger partial charge >= 0.3 is 0 Å². The van der Waals surface area contributed by atoms with Crippen molar-refractivity contribution in [3.8, 4) is 0 Å². The van der Waals surface area contributed by atoms with E-state index in [1.54, 1.807) is 0 Å². The number of rotatable bonds is 3. The van der Waals surface area contributed by atoms with Gasteiger partial charge in [0.15, 0.2) is 0 Å². The van der Waals surface area contributed by atoms with Gasteiger partial charge in [-0.05, 0) is 18.8 Å². The number of hydrogen-bond acceptors (Lipinski definition) is 3. The Kier molecular flexibility index (Phi) is 4.44. The molecule has 4 heteroatoms. The van der Waals surface area contributed by atoms with Crippen LogP contribution < -0.4 is 4.90 Å². The molecule has 100 valence electrons. The highest BCUT2D eigenvalue weighted by atomic mass is 35.5. The van der Waals surface area contributed by atoms with E-state index in [1.165, 1.54) is 12.8 Å². The molecule has 0 aromatic carbocycles. The van der Waals surface area contributed by atoms with Crippen LogP contribution in [0.5, 0.6) is 0 Å². The lowest BCUT2D eigenvalue weighted by molar-refractivity contribution is 0.445. The van der Waals surface area contributed by atoms with Gasteiger partial charge in [-0.1, -0.05) is 20.8 Å². The highest BCUT2D eigenvalue weighted by Gasteiger charge is 2.20. The molecule has 0 amide bonds. The van der Waals surface area contributed by atoms with Crippen molar-refractivity contribution in [3.63, 3.8) is 0 Å². The molecule has 0 radical (unpaired) electrons. The lowest BCUT2D eigenvalue weighted by Crippen LogP contribution is -2.35. The number of piperidine rings is 1. The third-order valence-corrected chi connectivity index (χ3v) is 3.76. The summed E-state index contributed by atoms with van der Waals surface area (Å²) in [6.45, 7) is 8.70. The molecule has 0 saturated carbocycles. The number of halogens is 1. The van der Waals surface area contributed by atoms with Crippen molar-refractivity contribution in [2.45, 2.75) is 45.4 Å². The Morgan fingerprint density at radius 3 is 2.89 bits per heavy atom. The van der Waals surface area contributed by atoms with Crippen LogP contribution in [-0.2, 0) is 5.88 Å². The van der Waals surface area contributed by atoms with Crippen LogP contribution in [0.2, 0.25) is 0 Å². The normalized spacial score (nSPS) is 20.5. The Morgan fingerprint density at radius 1 is 1.50 bits per heavy atom. The van der Waals surface area contributed by atoms with E-state index < -0.39 is 0 Å². The molecule has 1 aliphatic rings. The first kappa shape index (κ1) is 13.6. The molecule has 1 saturated heterocycles. The molecule has 0 bridgehead atoms. The van der Waals surface area contributed by atoms with Crippen LogP contribution in [0.4, 0.5) is 5.69 Å². The van der Waals surface area contributed by atoms with Gasteiger partial charge in [-0.3, -0.25) is 0 Å². The molecule has 0 aliphatic carbocycles. The Hall–Kier alpha value is -0.830. The zero-order chi connectivity index (χ0) is 13.1. The molecule has 1 fully saturated rings. The van der Waals surface area contributed by atoms with Crippen molar-refractivity contribution in [2.24, 2.45) is 5.92 Å². The number of alkyl halides is 1. The van der Waals surface area contributed by atoms with E-state index in [4.69, 9.17) is 11.6 Å². The molecule has 3 nitrogen and oxygen atoms in total. The Balaban J connectivity index is 2.26. The molecule has 1 aromatic rings. The minimum absolute atomic E-state index is 0.348. The summed E-state index contributed by atoms with van der Waals surface area (Å²) in [5.41, 5.74) is 2.10. The van der Waals surface area contributed by atoms with E-state index in [2.05, 4.69) is 35.6 Å². The molecule has 2 heterocycles. The average Bonchev–Trinajstić information content (AvgIpc) is 2.37. The molecule has 1 unspecified atom stereocenters. The molecule has 0 N–H and O–H groups in total. The maximum atomic E-state index is 6.05. The smallest absolute Gasteiger partial charge is 0.131 e. The number of hydrogen-bond donors (Lipinski definition) is 0. The molecule has 1 atom stereocenters. The maximum absolute atomic E-state index is 6.05. The van der Waals surface area contributed by atoms with Crippen molar-refractivity contribution < 1.29 is 0 Å². The molecule has 1 aromatic heterocycles. The second kappa shape index (κ2) is 5.87. The minimum Gasteiger partial charge on any atom is -0.369 e. The number of aromatic nitrogens is 2. The van der Waals surface area contributed by atoms with Crippen molar-refractivity contribution >= 4 is 17.3 Å². The number of nitrogens with zero attached hydrogens (tertiary/aromatic N) is 3. The summed E-state index contributed by atoms with van der Waals surface area (Å²) in [5, 5.41) is 0. The van der Waals surface area contributed by atoms with Gasteiger partial charge < -0.3 is 4.90 Å². The first-order valence-corrected chi connectivity index (χ1v) is 7.32. The molecule has 0 spiro atoms. The summed E-state index contributed by atoms with van der Waals surface area (Å²) >= 11 is 6.05. The summed E-state index contributed by atoms with van der Waals surface area (Å²) in [6, 6.07) is 0. The Labute approximate surface area is 115 Å². The topological polar surface area (TPSA) is 29.0 Å². The van der Waals surface area contributed by atoms with Crippen molar-refractivity contribution in [1.82, 2.24) is 9.97 Å². The minimum atomic E-state index is 0.348. The van der Waals surface area contributed by atoms with Crippen LogP contribution in [-0.4, -0.2) is 23.1 Å². The molecular weight excluding hydrogens is 246 g/mol. The number of anilines is 1. The highest BCUT2D eigenvalue weighted by Crippen LogP contribution is 2.26. The largest absolute Gasteiger partial charge is 0.369 e. The fourth-order valence-electron chi connectivity index (χ4n) is 2.48. The van der Waals surface area contributed by atoms with Gasteiger partial charge in [0, 0.05) is 19.0 Å². The Morgan fingerprint density at radius 2 is 2.28 bits per heavy atom. The van der Waals surface area contributed by atoms with Crippen LogP contribution in [0.15, 0.2) is 6.20 Å². The van der Waals surface area contributed by atoms with Crippen molar-refractivity contribution in [1.29, 1.82) is 0 Å². The fraction of sp³-hybridized carbons (Fsp3) is 0.714. The molecular formula is C14H22ClN3. The molecule has 1 aliphatic heterocycles. The first-order valence-electron chi connectivity index (χ1n) is 6.78. The van der Waals surface area contributed by atoms with Gasteiger partial charge in [0.2, 0.25) is 0 Å². The van der Waals surface area contributed by atoms with E-state index in [9.17, 15) is 0 Å². The van der Waals surface area contributed by atoms with Crippen LogP contribution in [0.1, 0.15) is 51.0 Å². The first-order chi connectivity index (χ1) is 8.61. The molecule has 2 rings (SSSR count). The van der Waals surface area contributed by atoms with Crippen LogP contribution in [0.3, 0.4) is 0 Å². The van der Waals surface area contributed by atoms with Gasteiger partial charge in [-0.15, -0.1) is 11.6 Å².